The molecule has 0 saturated carbocycles. The summed E-state index contributed by atoms with van der Waals surface area (Å²) in [5, 5.41) is 3.07. The van der Waals surface area contributed by atoms with Crippen LogP contribution in [-0.2, 0) is 16.8 Å². The Morgan fingerprint density at radius 1 is 1.18 bits per heavy atom. The number of aromatic nitrogens is 1. The number of amides is 1. The molecular formula is C24H31N3O. The average Bonchev–Trinajstić information content (AvgIpc) is 2.97. The summed E-state index contributed by atoms with van der Waals surface area (Å²) in [6.45, 7) is 7.17. The molecule has 2 aliphatic rings. The maximum absolute atomic E-state index is 12.4. The van der Waals surface area contributed by atoms with E-state index in [0.29, 0.717) is 12.3 Å². The number of hydrogen-bond acceptors (Lipinski definition) is 3. The molecule has 0 unspecified atom stereocenters. The summed E-state index contributed by atoms with van der Waals surface area (Å²) >= 11 is 0. The Hall–Kier alpha value is -2.20. The lowest BCUT2D eigenvalue weighted by atomic mass is 9.73. The molecule has 28 heavy (non-hydrogen) atoms. The number of hydrogen-bond donors (Lipinski definition) is 1. The van der Waals surface area contributed by atoms with E-state index in [1.54, 1.807) is 0 Å². The van der Waals surface area contributed by atoms with E-state index in [-0.39, 0.29) is 17.4 Å². The quantitative estimate of drug-likeness (QED) is 0.856. The third kappa shape index (κ3) is 3.97. The van der Waals surface area contributed by atoms with Crippen LogP contribution in [0.15, 0.2) is 48.7 Å². The van der Waals surface area contributed by atoms with Crippen LogP contribution in [-0.4, -0.2) is 34.9 Å². The lowest BCUT2D eigenvalue weighted by Crippen LogP contribution is -2.41. The Bertz CT molecular complexity index is 810. The first-order valence-electron chi connectivity index (χ1n) is 10.6. The first kappa shape index (κ1) is 19.1. The second kappa shape index (κ2) is 8.04. The van der Waals surface area contributed by atoms with Crippen LogP contribution >= 0.6 is 0 Å². The van der Waals surface area contributed by atoms with Gasteiger partial charge in [0.15, 0.2) is 0 Å². The molecule has 1 spiro atoms. The van der Waals surface area contributed by atoms with E-state index in [9.17, 15) is 4.79 Å². The Morgan fingerprint density at radius 3 is 2.64 bits per heavy atom. The Morgan fingerprint density at radius 2 is 1.93 bits per heavy atom. The maximum Gasteiger partial charge on any atom is 0.220 e. The number of benzene rings is 1. The van der Waals surface area contributed by atoms with E-state index < -0.39 is 0 Å². The average molecular weight is 378 g/mol. The van der Waals surface area contributed by atoms with Crippen LogP contribution in [0.2, 0.25) is 0 Å². The molecule has 1 aliphatic heterocycles. The van der Waals surface area contributed by atoms with Crippen LogP contribution < -0.4 is 5.32 Å². The van der Waals surface area contributed by atoms with Crippen LogP contribution in [0.5, 0.6) is 0 Å². The zero-order chi connectivity index (χ0) is 19.6. The summed E-state index contributed by atoms with van der Waals surface area (Å²) in [6.07, 6.45) is 5.92. The van der Waals surface area contributed by atoms with Gasteiger partial charge in [0.25, 0.3) is 0 Å². The van der Waals surface area contributed by atoms with Crippen molar-refractivity contribution in [1.82, 2.24) is 15.2 Å². The highest BCUT2D eigenvalue weighted by molar-refractivity contribution is 5.77. The van der Waals surface area contributed by atoms with Crippen molar-refractivity contribution in [3.8, 4) is 0 Å². The van der Waals surface area contributed by atoms with Gasteiger partial charge in [-0.2, -0.15) is 0 Å². The molecule has 1 fully saturated rings. The number of nitrogens with zero attached hydrogens (tertiary/aromatic N) is 2. The molecule has 2 heterocycles. The van der Waals surface area contributed by atoms with Gasteiger partial charge < -0.3 is 5.32 Å². The monoisotopic (exact) mass is 377 g/mol. The third-order valence-corrected chi connectivity index (χ3v) is 6.42. The highest BCUT2D eigenvalue weighted by atomic mass is 16.1. The predicted molar refractivity (Wildman–Crippen MR) is 112 cm³/mol. The second-order valence-corrected chi connectivity index (χ2v) is 8.79. The molecule has 1 aromatic heterocycles. The highest BCUT2D eigenvalue weighted by Crippen LogP contribution is 2.52. The summed E-state index contributed by atoms with van der Waals surface area (Å²) in [6, 6.07) is 15.2. The number of piperidine rings is 1. The summed E-state index contributed by atoms with van der Waals surface area (Å²) in [7, 11) is 0. The van der Waals surface area contributed by atoms with Crippen molar-refractivity contribution in [2.75, 3.05) is 13.1 Å². The number of fused-ring (bicyclic) bond motifs is 2. The van der Waals surface area contributed by atoms with Crippen molar-refractivity contribution in [3.05, 3.63) is 65.5 Å². The summed E-state index contributed by atoms with van der Waals surface area (Å²) in [5.41, 5.74) is 4.28. The van der Waals surface area contributed by atoms with E-state index in [0.717, 1.165) is 31.7 Å². The van der Waals surface area contributed by atoms with Gasteiger partial charge in [-0.25, -0.2) is 0 Å². The fourth-order valence-corrected chi connectivity index (χ4v) is 5.15. The molecule has 4 rings (SSSR count). The van der Waals surface area contributed by atoms with Crippen molar-refractivity contribution in [3.63, 3.8) is 0 Å². The minimum atomic E-state index is 0.180. The fourth-order valence-electron chi connectivity index (χ4n) is 5.15. The van der Waals surface area contributed by atoms with Crippen LogP contribution in [0.4, 0.5) is 0 Å². The van der Waals surface area contributed by atoms with E-state index in [2.05, 4.69) is 51.6 Å². The molecule has 1 N–H and O–H groups in total. The number of carbonyl (C=O) groups excluding carboxylic acids is 1. The largest absolute Gasteiger partial charge is 0.354 e. The van der Waals surface area contributed by atoms with Crippen LogP contribution in [0, 0.1) is 0 Å². The molecule has 1 saturated heterocycles. The molecule has 4 heteroatoms. The van der Waals surface area contributed by atoms with Crippen LogP contribution in [0.25, 0.3) is 0 Å². The molecule has 4 nitrogen and oxygen atoms in total. The van der Waals surface area contributed by atoms with Crippen molar-refractivity contribution in [2.45, 2.75) is 63.5 Å². The minimum Gasteiger partial charge on any atom is -0.354 e. The van der Waals surface area contributed by atoms with Gasteiger partial charge in [-0.3, -0.25) is 14.7 Å². The summed E-state index contributed by atoms with van der Waals surface area (Å²) in [4.78, 5) is 19.4. The van der Waals surface area contributed by atoms with Gasteiger partial charge in [0, 0.05) is 25.2 Å². The summed E-state index contributed by atoms with van der Waals surface area (Å²) < 4.78 is 0. The smallest absolute Gasteiger partial charge is 0.220 e. The second-order valence-electron chi connectivity index (χ2n) is 8.79. The van der Waals surface area contributed by atoms with Gasteiger partial charge in [0.05, 0.1) is 5.69 Å². The number of pyridine rings is 1. The van der Waals surface area contributed by atoms with Gasteiger partial charge in [-0.1, -0.05) is 30.3 Å². The lowest BCUT2D eigenvalue weighted by Gasteiger charge is -2.40. The van der Waals surface area contributed by atoms with E-state index in [1.165, 1.54) is 24.0 Å². The maximum atomic E-state index is 12.4. The highest BCUT2D eigenvalue weighted by Gasteiger charge is 2.45. The van der Waals surface area contributed by atoms with Crippen molar-refractivity contribution in [2.24, 2.45) is 0 Å². The SMILES string of the molecule is CC(C)NC(=O)C[C@H]1CC2(CCN(Cc3ccccn3)CC2)c2ccccc21. The van der Waals surface area contributed by atoms with Crippen molar-refractivity contribution < 1.29 is 4.79 Å². The number of nitrogens with one attached hydrogen (secondary N) is 1. The molecule has 0 bridgehead atoms. The first-order chi connectivity index (χ1) is 13.6. The van der Waals surface area contributed by atoms with Gasteiger partial charge in [-0.05, 0) is 80.8 Å². The third-order valence-electron chi connectivity index (χ3n) is 6.42. The molecule has 1 aliphatic carbocycles. The predicted octanol–water partition coefficient (Wildman–Crippen LogP) is 4.02. The first-order valence-corrected chi connectivity index (χ1v) is 10.6. The zero-order valence-corrected chi connectivity index (χ0v) is 17.0. The van der Waals surface area contributed by atoms with Gasteiger partial charge in [0.2, 0.25) is 5.91 Å². The Labute approximate surface area is 168 Å². The normalized spacial score (nSPS) is 21.0. The van der Waals surface area contributed by atoms with E-state index in [4.69, 9.17) is 0 Å². The minimum absolute atomic E-state index is 0.180. The standard InChI is InChI=1S/C24H31N3O/c1-18(2)26-23(28)15-19-16-24(22-9-4-3-8-21(19)22)10-13-27(14-11-24)17-20-7-5-6-12-25-20/h3-9,12,18-19H,10-11,13-17H2,1-2H3,(H,26,28)/t19-/m0/s1. The fraction of sp³-hybridized carbons (Fsp3) is 0.500. The van der Waals surface area contributed by atoms with Crippen LogP contribution in [0.3, 0.4) is 0 Å². The van der Waals surface area contributed by atoms with E-state index >= 15 is 0 Å². The Kier molecular flexibility index (Phi) is 5.49. The molecule has 148 valence electrons. The number of carbonyl (C=O) groups is 1. The Balaban J connectivity index is 1.46. The molecule has 2 aromatic rings. The van der Waals surface area contributed by atoms with Gasteiger partial charge >= 0.3 is 0 Å². The number of likely N-dealkylation sites (tertiary alicyclic amines) is 1. The van der Waals surface area contributed by atoms with Crippen LogP contribution in [0.1, 0.15) is 62.3 Å². The van der Waals surface area contributed by atoms with Crippen molar-refractivity contribution >= 4 is 5.91 Å². The molecule has 1 aromatic carbocycles. The summed E-state index contributed by atoms with van der Waals surface area (Å²) in [5.74, 6) is 0.525. The van der Waals surface area contributed by atoms with Gasteiger partial charge in [0.1, 0.15) is 0 Å². The molecule has 1 atom stereocenters. The molecular weight excluding hydrogens is 346 g/mol. The molecule has 0 radical (unpaired) electrons. The molecule has 1 amide bonds. The van der Waals surface area contributed by atoms with Gasteiger partial charge in [-0.15, -0.1) is 0 Å². The van der Waals surface area contributed by atoms with E-state index in [1.807, 2.05) is 26.1 Å². The lowest BCUT2D eigenvalue weighted by molar-refractivity contribution is -0.122. The number of rotatable bonds is 5. The topological polar surface area (TPSA) is 45.2 Å². The zero-order valence-electron chi connectivity index (χ0n) is 17.0. The van der Waals surface area contributed by atoms with Crippen molar-refractivity contribution in [1.29, 1.82) is 0 Å².